The zero-order valence-corrected chi connectivity index (χ0v) is 13.6. The second-order valence-corrected chi connectivity index (χ2v) is 6.05. The minimum Gasteiger partial charge on any atom is -0.346 e. The molecule has 0 saturated heterocycles. The summed E-state index contributed by atoms with van der Waals surface area (Å²) in [7, 11) is 0. The third-order valence-electron chi connectivity index (χ3n) is 3.67. The molecule has 0 atom stereocenters. The second-order valence-electron chi connectivity index (χ2n) is 6.05. The summed E-state index contributed by atoms with van der Waals surface area (Å²) in [4.78, 5) is 22.1. The van der Waals surface area contributed by atoms with E-state index in [2.05, 4.69) is 10.6 Å². The van der Waals surface area contributed by atoms with Gasteiger partial charge in [-0.05, 0) is 56.8 Å². The number of nitrogens with zero attached hydrogens (tertiary/aromatic N) is 1. The number of benzene rings is 1. The summed E-state index contributed by atoms with van der Waals surface area (Å²) in [6, 6.07) is 6.26. The van der Waals surface area contributed by atoms with Crippen LogP contribution in [0.4, 0.5) is 5.69 Å². The van der Waals surface area contributed by atoms with Crippen molar-refractivity contribution in [2.24, 2.45) is 5.92 Å². The quantitative estimate of drug-likeness (QED) is 0.595. The number of non-ortho nitro benzene ring substituents is 1. The first-order valence-electron chi connectivity index (χ1n) is 7.15. The Morgan fingerprint density at radius 3 is 2.41 bits per heavy atom. The number of nitrogens with one attached hydrogen (secondary N) is 2. The Balaban J connectivity index is 0.00000242. The molecule has 1 aromatic carbocycles. The van der Waals surface area contributed by atoms with E-state index >= 15 is 0 Å². The van der Waals surface area contributed by atoms with Crippen LogP contribution in [0.15, 0.2) is 24.3 Å². The summed E-state index contributed by atoms with van der Waals surface area (Å²) in [5.74, 6) is 0.666. The van der Waals surface area contributed by atoms with Crippen LogP contribution in [0.25, 0.3) is 0 Å². The zero-order chi connectivity index (χ0) is 15.5. The Bertz CT molecular complexity index is 527. The maximum Gasteiger partial charge on any atom is 0.269 e. The van der Waals surface area contributed by atoms with E-state index in [9.17, 15) is 14.9 Å². The summed E-state index contributed by atoms with van der Waals surface area (Å²) >= 11 is 0. The lowest BCUT2D eigenvalue weighted by Gasteiger charge is -2.27. The van der Waals surface area contributed by atoms with Gasteiger partial charge in [0, 0.05) is 12.1 Å². The summed E-state index contributed by atoms with van der Waals surface area (Å²) in [5, 5.41) is 16.7. The van der Waals surface area contributed by atoms with E-state index in [1.165, 1.54) is 25.0 Å². The van der Waals surface area contributed by atoms with Crippen molar-refractivity contribution in [3.63, 3.8) is 0 Å². The molecule has 2 rings (SSSR count). The molecule has 0 aromatic heterocycles. The Morgan fingerprint density at radius 1 is 1.32 bits per heavy atom. The maximum absolute atomic E-state index is 11.9. The van der Waals surface area contributed by atoms with E-state index in [4.69, 9.17) is 0 Å². The molecule has 1 amide bonds. The predicted octanol–water partition coefficient (Wildman–Crippen LogP) is 2.37. The molecule has 0 radical (unpaired) electrons. The highest BCUT2D eigenvalue weighted by Crippen LogP contribution is 2.27. The van der Waals surface area contributed by atoms with E-state index in [1.54, 1.807) is 12.1 Å². The van der Waals surface area contributed by atoms with Gasteiger partial charge in [0.2, 0.25) is 5.91 Å². The van der Waals surface area contributed by atoms with Gasteiger partial charge in [-0.2, -0.15) is 0 Å². The van der Waals surface area contributed by atoms with Crippen molar-refractivity contribution in [1.29, 1.82) is 0 Å². The number of nitro benzene ring substituents is 1. The Kier molecular flexibility index (Phi) is 6.32. The molecule has 1 fully saturated rings. The first-order valence-corrected chi connectivity index (χ1v) is 7.15. The van der Waals surface area contributed by atoms with Crippen molar-refractivity contribution < 1.29 is 9.72 Å². The highest BCUT2D eigenvalue weighted by Gasteiger charge is 2.24. The van der Waals surface area contributed by atoms with Gasteiger partial charge in [0.1, 0.15) is 0 Å². The van der Waals surface area contributed by atoms with Crippen LogP contribution < -0.4 is 10.6 Å². The highest BCUT2D eigenvalue weighted by atomic mass is 35.5. The molecule has 0 bridgehead atoms. The number of hydrogen-bond donors (Lipinski definition) is 2. The smallest absolute Gasteiger partial charge is 0.269 e. The average Bonchev–Trinajstić information content (AvgIpc) is 3.22. The van der Waals surface area contributed by atoms with Gasteiger partial charge in [0.15, 0.2) is 0 Å². The maximum atomic E-state index is 11.9. The summed E-state index contributed by atoms with van der Waals surface area (Å²) in [6.45, 7) is 4.96. The summed E-state index contributed by atoms with van der Waals surface area (Å²) in [6.07, 6.45) is 2.51. The van der Waals surface area contributed by atoms with Gasteiger partial charge in [0.05, 0.1) is 17.0 Å². The Labute approximate surface area is 136 Å². The molecule has 6 nitrogen and oxygen atoms in total. The average molecular weight is 328 g/mol. The molecule has 0 unspecified atom stereocenters. The molecule has 1 aromatic rings. The Hall–Kier alpha value is -1.66. The molecule has 1 aliphatic rings. The van der Waals surface area contributed by atoms with E-state index < -0.39 is 10.5 Å². The normalized spacial score (nSPS) is 14.1. The van der Waals surface area contributed by atoms with Gasteiger partial charge in [-0.3, -0.25) is 14.9 Å². The third kappa shape index (κ3) is 5.27. The van der Waals surface area contributed by atoms with Crippen molar-refractivity contribution in [2.75, 3.05) is 13.1 Å². The zero-order valence-electron chi connectivity index (χ0n) is 12.8. The molecule has 0 spiro atoms. The van der Waals surface area contributed by atoms with Crippen molar-refractivity contribution in [2.45, 2.75) is 32.2 Å². The van der Waals surface area contributed by atoms with Gasteiger partial charge in [-0.15, -0.1) is 12.4 Å². The number of carbonyl (C=O) groups excluding carboxylic acids is 1. The third-order valence-corrected chi connectivity index (χ3v) is 3.67. The van der Waals surface area contributed by atoms with E-state index in [0.29, 0.717) is 6.54 Å². The van der Waals surface area contributed by atoms with E-state index in [1.807, 2.05) is 13.8 Å². The highest BCUT2D eigenvalue weighted by molar-refractivity contribution is 5.85. The molecular weight excluding hydrogens is 306 g/mol. The van der Waals surface area contributed by atoms with Gasteiger partial charge in [0.25, 0.3) is 5.69 Å². The van der Waals surface area contributed by atoms with Crippen LogP contribution in [0.1, 0.15) is 32.3 Å². The molecule has 0 aliphatic heterocycles. The van der Waals surface area contributed by atoms with Crippen LogP contribution >= 0.6 is 12.4 Å². The van der Waals surface area contributed by atoms with Crippen molar-refractivity contribution in [1.82, 2.24) is 10.6 Å². The van der Waals surface area contributed by atoms with Gasteiger partial charge >= 0.3 is 0 Å². The fourth-order valence-corrected chi connectivity index (χ4v) is 2.18. The van der Waals surface area contributed by atoms with Gasteiger partial charge < -0.3 is 10.6 Å². The van der Waals surface area contributed by atoms with E-state index in [0.717, 1.165) is 18.0 Å². The second kappa shape index (κ2) is 7.56. The van der Waals surface area contributed by atoms with Crippen LogP contribution in [0.5, 0.6) is 0 Å². The number of amides is 1. The number of rotatable bonds is 7. The molecule has 7 heteroatoms. The number of carbonyl (C=O) groups is 1. The minimum absolute atomic E-state index is 0. The summed E-state index contributed by atoms with van der Waals surface area (Å²) in [5.41, 5.74) is 0.323. The number of halogens is 1. The lowest BCUT2D eigenvalue weighted by molar-refractivity contribution is -0.384. The predicted molar refractivity (Wildman–Crippen MR) is 87.1 cm³/mol. The SMILES string of the molecule is CC(C)(NC(=O)CNCC1CC1)c1ccc([N+](=O)[O-])cc1.Cl. The minimum atomic E-state index is -0.562. The lowest BCUT2D eigenvalue weighted by Crippen LogP contribution is -2.45. The number of nitro groups is 1. The largest absolute Gasteiger partial charge is 0.346 e. The molecule has 1 aliphatic carbocycles. The molecular formula is C15H22ClN3O3. The summed E-state index contributed by atoms with van der Waals surface area (Å²) < 4.78 is 0. The van der Waals surface area contributed by atoms with Crippen LogP contribution in [0, 0.1) is 16.0 Å². The van der Waals surface area contributed by atoms with Crippen molar-refractivity contribution >= 4 is 24.0 Å². The van der Waals surface area contributed by atoms with Crippen LogP contribution in [-0.2, 0) is 10.3 Å². The first-order chi connectivity index (χ1) is 9.88. The van der Waals surface area contributed by atoms with Crippen molar-refractivity contribution in [3.05, 3.63) is 39.9 Å². The van der Waals surface area contributed by atoms with Gasteiger partial charge in [-0.1, -0.05) is 0 Å². The Morgan fingerprint density at radius 2 is 1.91 bits per heavy atom. The fourth-order valence-electron chi connectivity index (χ4n) is 2.18. The molecule has 122 valence electrons. The van der Waals surface area contributed by atoms with E-state index in [-0.39, 0.29) is 24.0 Å². The molecule has 22 heavy (non-hydrogen) atoms. The molecule has 0 heterocycles. The van der Waals surface area contributed by atoms with Crippen molar-refractivity contribution in [3.8, 4) is 0 Å². The monoisotopic (exact) mass is 327 g/mol. The standard InChI is InChI=1S/C15H21N3O3.ClH/c1-15(2,12-5-7-13(8-6-12)18(20)21)17-14(19)10-16-9-11-3-4-11;/h5-8,11,16H,3-4,9-10H2,1-2H3,(H,17,19);1H. The topological polar surface area (TPSA) is 84.3 Å². The van der Waals surface area contributed by atoms with Crippen LogP contribution in [0.3, 0.4) is 0 Å². The number of hydrogen-bond acceptors (Lipinski definition) is 4. The molecule has 1 saturated carbocycles. The fraction of sp³-hybridized carbons (Fsp3) is 0.533. The lowest BCUT2D eigenvalue weighted by atomic mass is 9.94. The van der Waals surface area contributed by atoms with Crippen LogP contribution in [0.2, 0.25) is 0 Å². The van der Waals surface area contributed by atoms with Gasteiger partial charge in [-0.25, -0.2) is 0 Å². The first kappa shape index (κ1) is 18.4. The molecule has 2 N–H and O–H groups in total. The van der Waals surface area contributed by atoms with Crippen LogP contribution in [-0.4, -0.2) is 23.9 Å².